The first-order chi connectivity index (χ1) is 6.14. The highest BCUT2D eigenvalue weighted by molar-refractivity contribution is 5.74. The summed E-state index contributed by atoms with van der Waals surface area (Å²) < 4.78 is 0. The summed E-state index contributed by atoms with van der Waals surface area (Å²) >= 11 is 0. The van der Waals surface area contributed by atoms with E-state index in [1.165, 1.54) is 0 Å². The van der Waals surface area contributed by atoms with E-state index in [1.54, 1.807) is 0 Å². The monoisotopic (exact) mass is 186 g/mol. The zero-order chi connectivity index (χ0) is 9.90. The molecule has 0 aromatic rings. The Morgan fingerprint density at radius 3 is 2.77 bits per heavy atom. The SMILES string of the molecule is CCC1CCCC(CO)(C(=O)O)C1. The highest BCUT2D eigenvalue weighted by Gasteiger charge is 2.41. The standard InChI is InChI=1S/C10H18O3/c1-2-8-4-3-5-10(6-8,7-11)9(12)13/h8,11H,2-7H2,1H3,(H,12,13). The van der Waals surface area contributed by atoms with Gasteiger partial charge in [0.1, 0.15) is 0 Å². The fourth-order valence-corrected chi connectivity index (χ4v) is 2.24. The van der Waals surface area contributed by atoms with Crippen LogP contribution in [0.3, 0.4) is 0 Å². The van der Waals surface area contributed by atoms with E-state index in [9.17, 15) is 4.79 Å². The number of hydrogen-bond donors (Lipinski definition) is 2. The van der Waals surface area contributed by atoms with Crippen LogP contribution in [0.5, 0.6) is 0 Å². The lowest BCUT2D eigenvalue weighted by Crippen LogP contribution is -2.39. The van der Waals surface area contributed by atoms with Gasteiger partial charge in [-0.05, 0) is 18.8 Å². The van der Waals surface area contributed by atoms with Crippen LogP contribution in [-0.2, 0) is 4.79 Å². The molecule has 3 heteroatoms. The number of aliphatic carboxylic acids is 1. The molecule has 76 valence electrons. The molecule has 2 atom stereocenters. The van der Waals surface area contributed by atoms with Gasteiger partial charge >= 0.3 is 5.97 Å². The molecule has 1 aliphatic rings. The zero-order valence-electron chi connectivity index (χ0n) is 8.12. The molecule has 2 unspecified atom stereocenters. The summed E-state index contributed by atoms with van der Waals surface area (Å²) in [6.07, 6.45) is 4.36. The molecule has 0 aromatic heterocycles. The van der Waals surface area contributed by atoms with Crippen LogP contribution < -0.4 is 0 Å². The summed E-state index contributed by atoms with van der Waals surface area (Å²) in [5, 5.41) is 18.2. The highest BCUT2D eigenvalue weighted by Crippen LogP contribution is 2.40. The molecule has 0 radical (unpaired) electrons. The fourth-order valence-electron chi connectivity index (χ4n) is 2.24. The van der Waals surface area contributed by atoms with Gasteiger partial charge in [0.25, 0.3) is 0 Å². The molecule has 0 saturated heterocycles. The van der Waals surface area contributed by atoms with E-state index in [2.05, 4.69) is 6.92 Å². The van der Waals surface area contributed by atoms with Gasteiger partial charge in [-0.3, -0.25) is 4.79 Å². The van der Waals surface area contributed by atoms with Gasteiger partial charge in [-0.1, -0.05) is 26.2 Å². The number of hydrogen-bond acceptors (Lipinski definition) is 2. The molecule has 1 saturated carbocycles. The van der Waals surface area contributed by atoms with Crippen molar-refractivity contribution >= 4 is 5.97 Å². The Morgan fingerprint density at radius 1 is 1.62 bits per heavy atom. The minimum absolute atomic E-state index is 0.209. The van der Waals surface area contributed by atoms with Crippen LogP contribution >= 0.6 is 0 Å². The van der Waals surface area contributed by atoms with Crippen molar-refractivity contribution in [1.82, 2.24) is 0 Å². The number of carbonyl (C=O) groups is 1. The quantitative estimate of drug-likeness (QED) is 0.704. The summed E-state index contributed by atoms with van der Waals surface area (Å²) in [5.74, 6) is -0.342. The van der Waals surface area contributed by atoms with Crippen molar-refractivity contribution in [2.45, 2.75) is 39.0 Å². The Kier molecular flexibility index (Phi) is 3.31. The predicted octanol–water partition coefficient (Wildman–Crippen LogP) is 1.65. The first kappa shape index (κ1) is 10.5. The largest absolute Gasteiger partial charge is 0.481 e. The highest BCUT2D eigenvalue weighted by atomic mass is 16.4. The van der Waals surface area contributed by atoms with Crippen LogP contribution in [0.15, 0.2) is 0 Å². The number of rotatable bonds is 3. The van der Waals surface area contributed by atoms with Gasteiger partial charge in [0.05, 0.1) is 12.0 Å². The molecule has 0 aromatic carbocycles. The topological polar surface area (TPSA) is 57.5 Å². The number of aliphatic hydroxyl groups is 1. The van der Waals surface area contributed by atoms with Gasteiger partial charge in [0.15, 0.2) is 0 Å². The molecule has 13 heavy (non-hydrogen) atoms. The lowest BCUT2D eigenvalue weighted by Gasteiger charge is -2.35. The Bertz CT molecular complexity index is 191. The molecule has 1 fully saturated rings. The average molecular weight is 186 g/mol. The Balaban J connectivity index is 2.69. The second-order valence-electron chi connectivity index (χ2n) is 4.11. The molecular weight excluding hydrogens is 168 g/mol. The van der Waals surface area contributed by atoms with E-state index in [-0.39, 0.29) is 6.61 Å². The number of aliphatic hydroxyl groups excluding tert-OH is 1. The third-order valence-corrected chi connectivity index (χ3v) is 3.28. The first-order valence-corrected chi connectivity index (χ1v) is 4.99. The average Bonchev–Trinajstić information content (AvgIpc) is 2.17. The Labute approximate surface area is 78.8 Å². The fraction of sp³-hybridized carbons (Fsp3) is 0.900. The van der Waals surface area contributed by atoms with Crippen LogP contribution in [0, 0.1) is 11.3 Å². The molecule has 0 aliphatic heterocycles. The summed E-state index contributed by atoms with van der Waals surface area (Å²) in [7, 11) is 0. The van der Waals surface area contributed by atoms with Crippen molar-refractivity contribution < 1.29 is 15.0 Å². The van der Waals surface area contributed by atoms with Gasteiger partial charge in [0, 0.05) is 0 Å². The van der Waals surface area contributed by atoms with E-state index >= 15 is 0 Å². The van der Waals surface area contributed by atoms with Crippen LogP contribution in [0.25, 0.3) is 0 Å². The van der Waals surface area contributed by atoms with Crippen LogP contribution in [0.2, 0.25) is 0 Å². The van der Waals surface area contributed by atoms with Crippen LogP contribution in [0.1, 0.15) is 39.0 Å². The van der Waals surface area contributed by atoms with Crippen LogP contribution in [-0.4, -0.2) is 22.8 Å². The van der Waals surface area contributed by atoms with Crippen molar-refractivity contribution in [3.63, 3.8) is 0 Å². The maximum Gasteiger partial charge on any atom is 0.311 e. The summed E-state index contributed by atoms with van der Waals surface area (Å²) in [6, 6.07) is 0. The predicted molar refractivity (Wildman–Crippen MR) is 49.4 cm³/mol. The van der Waals surface area contributed by atoms with Gasteiger partial charge in [-0.15, -0.1) is 0 Å². The summed E-state index contributed by atoms with van der Waals surface area (Å²) in [6.45, 7) is 1.87. The summed E-state index contributed by atoms with van der Waals surface area (Å²) in [4.78, 5) is 11.0. The van der Waals surface area contributed by atoms with E-state index in [1.807, 2.05) is 0 Å². The van der Waals surface area contributed by atoms with E-state index < -0.39 is 11.4 Å². The molecular formula is C10H18O3. The van der Waals surface area contributed by atoms with E-state index in [0.717, 1.165) is 19.3 Å². The molecule has 1 aliphatic carbocycles. The molecule has 3 nitrogen and oxygen atoms in total. The first-order valence-electron chi connectivity index (χ1n) is 4.99. The molecule has 0 heterocycles. The molecule has 2 N–H and O–H groups in total. The normalized spacial score (nSPS) is 34.5. The van der Waals surface area contributed by atoms with Gasteiger partial charge < -0.3 is 10.2 Å². The number of carboxylic acids is 1. The third-order valence-electron chi connectivity index (χ3n) is 3.28. The number of carboxylic acid groups (broad SMARTS) is 1. The Morgan fingerprint density at radius 2 is 2.31 bits per heavy atom. The lowest BCUT2D eigenvalue weighted by atomic mass is 9.69. The van der Waals surface area contributed by atoms with E-state index in [4.69, 9.17) is 10.2 Å². The van der Waals surface area contributed by atoms with E-state index in [0.29, 0.717) is 18.8 Å². The zero-order valence-corrected chi connectivity index (χ0v) is 8.12. The lowest BCUT2D eigenvalue weighted by molar-refractivity contribution is -0.155. The van der Waals surface area contributed by atoms with Crippen molar-refractivity contribution in [3.8, 4) is 0 Å². The second kappa shape index (κ2) is 4.09. The third kappa shape index (κ3) is 2.02. The van der Waals surface area contributed by atoms with Crippen molar-refractivity contribution in [2.75, 3.05) is 6.61 Å². The maximum absolute atomic E-state index is 11.0. The Hall–Kier alpha value is -0.570. The maximum atomic E-state index is 11.0. The van der Waals surface area contributed by atoms with Gasteiger partial charge in [-0.2, -0.15) is 0 Å². The molecule has 0 bridgehead atoms. The second-order valence-corrected chi connectivity index (χ2v) is 4.11. The van der Waals surface area contributed by atoms with Gasteiger partial charge in [-0.25, -0.2) is 0 Å². The summed E-state index contributed by atoms with van der Waals surface area (Å²) in [5.41, 5.74) is -0.834. The minimum Gasteiger partial charge on any atom is -0.481 e. The van der Waals surface area contributed by atoms with Gasteiger partial charge in [0.2, 0.25) is 0 Å². The molecule has 1 rings (SSSR count). The van der Waals surface area contributed by atoms with Crippen molar-refractivity contribution in [3.05, 3.63) is 0 Å². The van der Waals surface area contributed by atoms with Crippen molar-refractivity contribution in [2.24, 2.45) is 11.3 Å². The molecule has 0 spiro atoms. The molecule has 0 amide bonds. The minimum atomic E-state index is -0.834. The smallest absolute Gasteiger partial charge is 0.311 e. The van der Waals surface area contributed by atoms with Crippen LogP contribution in [0.4, 0.5) is 0 Å². The van der Waals surface area contributed by atoms with Crippen molar-refractivity contribution in [1.29, 1.82) is 0 Å².